The number of aromatic nitrogens is 2. The van der Waals surface area contributed by atoms with Gasteiger partial charge in [0.1, 0.15) is 17.6 Å². The zero-order valence-electron chi connectivity index (χ0n) is 10.9. The minimum absolute atomic E-state index is 0.107. The summed E-state index contributed by atoms with van der Waals surface area (Å²) in [6.07, 6.45) is -0.377. The molecule has 0 aliphatic carbocycles. The van der Waals surface area contributed by atoms with Gasteiger partial charge in [0.2, 0.25) is 0 Å². The second-order valence-corrected chi connectivity index (χ2v) is 4.13. The molecule has 1 heterocycles. The van der Waals surface area contributed by atoms with Crippen LogP contribution in [-0.2, 0) is 4.74 Å². The second-order valence-electron chi connectivity index (χ2n) is 4.13. The van der Waals surface area contributed by atoms with E-state index in [1.54, 1.807) is 6.92 Å². The van der Waals surface area contributed by atoms with E-state index in [0.717, 1.165) is 5.56 Å². The predicted molar refractivity (Wildman–Crippen MR) is 70.2 cm³/mol. The zero-order valence-corrected chi connectivity index (χ0v) is 10.9. The van der Waals surface area contributed by atoms with Crippen LogP contribution in [0.4, 0.5) is 0 Å². The summed E-state index contributed by atoms with van der Waals surface area (Å²) in [4.78, 5) is 18.1. The fraction of sp³-hybridized carbons (Fsp3) is 0.286. The van der Waals surface area contributed by atoms with Gasteiger partial charge in [-0.1, -0.05) is 30.3 Å². The third kappa shape index (κ3) is 2.82. The Labute approximate surface area is 111 Å². The molecule has 0 fully saturated rings. The minimum atomic E-state index is -1.01. The van der Waals surface area contributed by atoms with Gasteiger partial charge in [0.15, 0.2) is 0 Å². The van der Waals surface area contributed by atoms with Gasteiger partial charge < -0.3 is 14.8 Å². The number of ether oxygens (including phenoxy) is 1. The molecule has 1 aromatic carbocycles. The first-order chi connectivity index (χ1) is 9.13. The molecule has 19 heavy (non-hydrogen) atoms. The number of aryl methyl sites for hydroxylation is 1. The highest BCUT2D eigenvalue weighted by molar-refractivity contribution is 5.86. The Morgan fingerprint density at radius 2 is 2.11 bits per heavy atom. The Kier molecular flexibility index (Phi) is 3.97. The van der Waals surface area contributed by atoms with Crippen molar-refractivity contribution in [1.29, 1.82) is 0 Å². The van der Waals surface area contributed by atoms with E-state index in [2.05, 4.69) is 9.97 Å². The molecule has 2 rings (SSSR count). The summed E-state index contributed by atoms with van der Waals surface area (Å²) in [6, 6.07) is 9.60. The van der Waals surface area contributed by atoms with Gasteiger partial charge >= 0.3 is 5.97 Å². The summed E-state index contributed by atoms with van der Waals surface area (Å²) in [5.41, 5.74) is 1.51. The predicted octanol–water partition coefficient (Wildman–Crippen LogP) is 2.54. The number of aromatic amines is 1. The molecular weight excluding hydrogens is 244 g/mol. The topological polar surface area (TPSA) is 75.2 Å². The van der Waals surface area contributed by atoms with E-state index in [4.69, 9.17) is 9.84 Å². The van der Waals surface area contributed by atoms with Gasteiger partial charge in [0, 0.05) is 6.61 Å². The number of benzene rings is 1. The molecule has 0 aliphatic rings. The van der Waals surface area contributed by atoms with E-state index >= 15 is 0 Å². The quantitative estimate of drug-likeness (QED) is 0.866. The number of aromatic carboxylic acids is 1. The largest absolute Gasteiger partial charge is 0.477 e. The zero-order chi connectivity index (χ0) is 13.8. The molecule has 1 unspecified atom stereocenters. The lowest BCUT2D eigenvalue weighted by molar-refractivity contribution is 0.0687. The molecule has 0 spiro atoms. The second kappa shape index (κ2) is 5.67. The van der Waals surface area contributed by atoms with Crippen molar-refractivity contribution in [1.82, 2.24) is 9.97 Å². The molecule has 1 aromatic heterocycles. The van der Waals surface area contributed by atoms with Gasteiger partial charge in [-0.2, -0.15) is 0 Å². The minimum Gasteiger partial charge on any atom is -0.477 e. The lowest BCUT2D eigenvalue weighted by Gasteiger charge is -2.14. The van der Waals surface area contributed by atoms with Crippen LogP contribution in [0.25, 0.3) is 0 Å². The lowest BCUT2D eigenvalue weighted by atomic mass is 10.1. The highest BCUT2D eigenvalue weighted by Gasteiger charge is 2.21. The number of carbonyl (C=O) groups is 1. The summed E-state index contributed by atoms with van der Waals surface area (Å²) >= 11 is 0. The Morgan fingerprint density at radius 3 is 2.63 bits per heavy atom. The average Bonchev–Trinajstić information content (AvgIpc) is 2.79. The number of nitrogens with one attached hydrogen (secondary N) is 1. The Balaban J connectivity index is 2.40. The van der Waals surface area contributed by atoms with Crippen LogP contribution in [0.15, 0.2) is 30.3 Å². The first-order valence-electron chi connectivity index (χ1n) is 6.09. The lowest BCUT2D eigenvalue weighted by Crippen LogP contribution is -2.08. The summed E-state index contributed by atoms with van der Waals surface area (Å²) in [6.45, 7) is 4.07. The van der Waals surface area contributed by atoms with Crippen molar-refractivity contribution in [2.45, 2.75) is 20.0 Å². The van der Waals surface area contributed by atoms with Crippen LogP contribution in [-0.4, -0.2) is 27.7 Å². The van der Waals surface area contributed by atoms with Gasteiger partial charge in [-0.15, -0.1) is 0 Å². The fourth-order valence-electron chi connectivity index (χ4n) is 1.94. The summed E-state index contributed by atoms with van der Waals surface area (Å²) in [5, 5.41) is 9.05. The van der Waals surface area contributed by atoms with E-state index < -0.39 is 5.97 Å². The first kappa shape index (κ1) is 13.3. The molecule has 0 amide bonds. The Bertz CT molecular complexity index is 563. The highest BCUT2D eigenvalue weighted by atomic mass is 16.5. The van der Waals surface area contributed by atoms with Crippen molar-refractivity contribution in [3.05, 3.63) is 53.1 Å². The van der Waals surface area contributed by atoms with Crippen molar-refractivity contribution >= 4 is 5.97 Å². The molecule has 0 saturated heterocycles. The van der Waals surface area contributed by atoms with E-state index in [1.807, 2.05) is 37.3 Å². The smallest absolute Gasteiger partial charge is 0.354 e. The van der Waals surface area contributed by atoms with Crippen molar-refractivity contribution in [3.8, 4) is 0 Å². The van der Waals surface area contributed by atoms with Crippen molar-refractivity contribution in [2.75, 3.05) is 6.61 Å². The average molecular weight is 260 g/mol. The van der Waals surface area contributed by atoms with Crippen LogP contribution < -0.4 is 0 Å². The number of hydrogen-bond donors (Lipinski definition) is 2. The molecule has 0 aliphatic heterocycles. The van der Waals surface area contributed by atoms with Crippen LogP contribution in [0.2, 0.25) is 0 Å². The molecular formula is C14H16N2O3. The molecule has 100 valence electrons. The van der Waals surface area contributed by atoms with Gasteiger partial charge in [-0.3, -0.25) is 0 Å². The summed E-state index contributed by atoms with van der Waals surface area (Å²) < 4.78 is 5.68. The Hall–Kier alpha value is -2.14. The van der Waals surface area contributed by atoms with Gasteiger partial charge in [-0.05, 0) is 19.4 Å². The number of rotatable bonds is 5. The maximum Gasteiger partial charge on any atom is 0.354 e. The van der Waals surface area contributed by atoms with E-state index in [1.165, 1.54) is 0 Å². The first-order valence-corrected chi connectivity index (χ1v) is 6.09. The van der Waals surface area contributed by atoms with Gasteiger partial charge in [-0.25, -0.2) is 9.78 Å². The number of imidazole rings is 1. The SMILES string of the molecule is CCOC(c1ccccc1)c1nc(C)c(C(=O)O)[nH]1. The number of hydrogen-bond acceptors (Lipinski definition) is 3. The molecule has 2 aromatic rings. The van der Waals surface area contributed by atoms with Crippen LogP contribution >= 0.6 is 0 Å². The van der Waals surface area contributed by atoms with Crippen LogP contribution in [0.1, 0.15) is 40.6 Å². The summed E-state index contributed by atoms with van der Waals surface area (Å²) in [7, 11) is 0. The van der Waals surface area contributed by atoms with Crippen molar-refractivity contribution < 1.29 is 14.6 Å². The fourth-order valence-corrected chi connectivity index (χ4v) is 1.94. The summed E-state index contributed by atoms with van der Waals surface area (Å²) in [5.74, 6) is -0.498. The van der Waals surface area contributed by atoms with E-state index in [9.17, 15) is 4.79 Å². The van der Waals surface area contributed by atoms with E-state index in [0.29, 0.717) is 18.1 Å². The van der Waals surface area contributed by atoms with Crippen molar-refractivity contribution in [3.63, 3.8) is 0 Å². The van der Waals surface area contributed by atoms with Crippen LogP contribution in [0.3, 0.4) is 0 Å². The Morgan fingerprint density at radius 1 is 1.42 bits per heavy atom. The van der Waals surface area contributed by atoms with Crippen molar-refractivity contribution in [2.24, 2.45) is 0 Å². The maximum absolute atomic E-state index is 11.0. The molecule has 0 saturated carbocycles. The van der Waals surface area contributed by atoms with Crippen LogP contribution in [0.5, 0.6) is 0 Å². The molecule has 5 nitrogen and oxygen atoms in total. The number of H-pyrrole nitrogens is 1. The molecule has 0 bridgehead atoms. The monoisotopic (exact) mass is 260 g/mol. The number of nitrogens with zero attached hydrogens (tertiary/aromatic N) is 1. The maximum atomic E-state index is 11.0. The standard InChI is InChI=1S/C14H16N2O3/c1-3-19-12(10-7-5-4-6-8-10)13-15-9(2)11(16-13)14(17)18/h4-8,12H,3H2,1-2H3,(H,15,16)(H,17,18). The van der Waals surface area contributed by atoms with Gasteiger partial charge in [0.05, 0.1) is 5.69 Å². The van der Waals surface area contributed by atoms with Gasteiger partial charge in [0.25, 0.3) is 0 Å². The molecule has 0 radical (unpaired) electrons. The third-order valence-electron chi connectivity index (χ3n) is 2.80. The number of carboxylic acids is 1. The third-order valence-corrected chi connectivity index (χ3v) is 2.80. The normalized spacial score (nSPS) is 12.3. The number of carboxylic acid groups (broad SMARTS) is 1. The van der Waals surface area contributed by atoms with Crippen LogP contribution in [0, 0.1) is 6.92 Å². The highest BCUT2D eigenvalue weighted by Crippen LogP contribution is 2.24. The molecule has 5 heteroatoms. The molecule has 1 atom stereocenters. The molecule has 2 N–H and O–H groups in total. The van der Waals surface area contributed by atoms with E-state index in [-0.39, 0.29) is 11.8 Å².